The molecule has 0 radical (unpaired) electrons. The largest absolute Gasteiger partial charge is 0.486 e. The maximum absolute atomic E-state index is 11.9. The molecule has 0 spiro atoms. The van der Waals surface area contributed by atoms with Crippen LogP contribution in [0.3, 0.4) is 0 Å². The summed E-state index contributed by atoms with van der Waals surface area (Å²) in [7, 11) is 0. The van der Waals surface area contributed by atoms with E-state index in [2.05, 4.69) is 15.5 Å². The molecule has 0 saturated carbocycles. The van der Waals surface area contributed by atoms with Gasteiger partial charge in [-0.2, -0.15) is 5.10 Å². The number of hydrazone groups is 1. The Bertz CT molecular complexity index is 714. The molecule has 6 heteroatoms. The lowest BCUT2D eigenvalue weighted by Gasteiger charge is -2.18. The van der Waals surface area contributed by atoms with Crippen LogP contribution in [0.15, 0.2) is 47.8 Å². The Morgan fingerprint density at radius 1 is 1.09 bits per heavy atom. The number of aromatic nitrogens is 1. The van der Waals surface area contributed by atoms with Crippen molar-refractivity contribution < 1.29 is 14.3 Å². The van der Waals surface area contributed by atoms with Gasteiger partial charge >= 0.3 is 0 Å². The van der Waals surface area contributed by atoms with Crippen LogP contribution in [0.25, 0.3) is 0 Å². The van der Waals surface area contributed by atoms with Crippen LogP contribution in [0, 0.1) is 0 Å². The molecule has 3 rings (SSSR count). The second-order valence-electron chi connectivity index (χ2n) is 4.73. The van der Waals surface area contributed by atoms with Crippen molar-refractivity contribution >= 4 is 11.6 Å². The molecule has 1 aromatic heterocycles. The summed E-state index contributed by atoms with van der Waals surface area (Å²) in [6, 6.07) is 8.83. The van der Waals surface area contributed by atoms with E-state index in [4.69, 9.17) is 9.47 Å². The van der Waals surface area contributed by atoms with Crippen LogP contribution in [-0.2, 0) is 0 Å². The van der Waals surface area contributed by atoms with Crippen molar-refractivity contribution in [2.45, 2.75) is 6.92 Å². The normalized spacial score (nSPS) is 13.6. The highest BCUT2D eigenvalue weighted by atomic mass is 16.6. The molecular formula is C16H15N3O3. The van der Waals surface area contributed by atoms with E-state index in [0.717, 1.165) is 11.3 Å². The SMILES string of the molecule is C/C(=N\NC(=O)c1ccncc1)c1ccc2c(c1)OCCO2. The Balaban J connectivity index is 1.73. The minimum absolute atomic E-state index is 0.278. The first-order valence-corrected chi connectivity index (χ1v) is 6.89. The van der Waals surface area contributed by atoms with Crippen LogP contribution >= 0.6 is 0 Å². The molecule has 1 amide bonds. The highest BCUT2D eigenvalue weighted by Gasteiger charge is 2.12. The number of carbonyl (C=O) groups is 1. The van der Waals surface area contributed by atoms with Gasteiger partial charge < -0.3 is 9.47 Å². The molecule has 2 heterocycles. The zero-order chi connectivity index (χ0) is 15.4. The van der Waals surface area contributed by atoms with Crippen LogP contribution in [0.4, 0.5) is 0 Å². The van der Waals surface area contributed by atoms with Gasteiger partial charge in [0.15, 0.2) is 11.5 Å². The van der Waals surface area contributed by atoms with Crippen molar-refractivity contribution in [3.05, 3.63) is 53.9 Å². The van der Waals surface area contributed by atoms with Crippen molar-refractivity contribution in [3.8, 4) is 11.5 Å². The van der Waals surface area contributed by atoms with Gasteiger partial charge in [0.05, 0.1) is 5.71 Å². The Labute approximate surface area is 127 Å². The van der Waals surface area contributed by atoms with Crippen LogP contribution < -0.4 is 14.9 Å². The number of ether oxygens (including phenoxy) is 2. The van der Waals surface area contributed by atoms with Crippen molar-refractivity contribution in [2.75, 3.05) is 13.2 Å². The van der Waals surface area contributed by atoms with E-state index in [1.54, 1.807) is 24.5 Å². The lowest BCUT2D eigenvalue weighted by molar-refractivity contribution is 0.0954. The highest BCUT2D eigenvalue weighted by molar-refractivity contribution is 6.01. The number of nitrogens with zero attached hydrogens (tertiary/aromatic N) is 2. The number of hydrogen-bond donors (Lipinski definition) is 1. The lowest BCUT2D eigenvalue weighted by Crippen LogP contribution is -2.19. The molecule has 22 heavy (non-hydrogen) atoms. The fourth-order valence-corrected chi connectivity index (χ4v) is 2.04. The Morgan fingerprint density at radius 2 is 1.82 bits per heavy atom. The number of amides is 1. The third-order valence-electron chi connectivity index (χ3n) is 3.23. The minimum Gasteiger partial charge on any atom is -0.486 e. The summed E-state index contributed by atoms with van der Waals surface area (Å²) in [5, 5.41) is 4.12. The van der Waals surface area contributed by atoms with Crippen LogP contribution in [0.1, 0.15) is 22.8 Å². The van der Waals surface area contributed by atoms with E-state index in [9.17, 15) is 4.79 Å². The van der Waals surface area contributed by atoms with E-state index in [1.165, 1.54) is 0 Å². The molecule has 112 valence electrons. The fraction of sp³-hybridized carbons (Fsp3) is 0.188. The minimum atomic E-state index is -0.278. The summed E-state index contributed by atoms with van der Waals surface area (Å²) in [4.78, 5) is 15.8. The maximum atomic E-state index is 11.9. The molecule has 0 aliphatic carbocycles. The highest BCUT2D eigenvalue weighted by Crippen LogP contribution is 2.30. The average molecular weight is 297 g/mol. The van der Waals surface area contributed by atoms with Gasteiger partial charge in [-0.3, -0.25) is 9.78 Å². The number of benzene rings is 1. The van der Waals surface area contributed by atoms with Crippen molar-refractivity contribution in [2.24, 2.45) is 5.10 Å². The van der Waals surface area contributed by atoms with Gasteiger partial charge in [0.2, 0.25) is 0 Å². The molecule has 1 aliphatic rings. The Kier molecular flexibility index (Phi) is 4.00. The van der Waals surface area contributed by atoms with Crippen LogP contribution in [0.2, 0.25) is 0 Å². The van der Waals surface area contributed by atoms with Gasteiger partial charge in [-0.05, 0) is 37.3 Å². The first kappa shape index (κ1) is 14.1. The summed E-state index contributed by atoms with van der Waals surface area (Å²) in [5.41, 5.74) is 4.57. The third-order valence-corrected chi connectivity index (χ3v) is 3.23. The topological polar surface area (TPSA) is 72.8 Å². The first-order valence-electron chi connectivity index (χ1n) is 6.89. The summed E-state index contributed by atoms with van der Waals surface area (Å²) >= 11 is 0. The quantitative estimate of drug-likeness (QED) is 0.695. The smallest absolute Gasteiger partial charge is 0.271 e. The van der Waals surface area contributed by atoms with E-state index in [-0.39, 0.29) is 5.91 Å². The second kappa shape index (κ2) is 6.26. The number of pyridine rings is 1. The fourth-order valence-electron chi connectivity index (χ4n) is 2.04. The van der Waals surface area contributed by atoms with Crippen molar-refractivity contribution in [1.82, 2.24) is 10.4 Å². The molecule has 1 aromatic carbocycles. The zero-order valence-electron chi connectivity index (χ0n) is 12.1. The van der Waals surface area contributed by atoms with Gasteiger partial charge in [0, 0.05) is 23.5 Å². The second-order valence-corrected chi connectivity index (χ2v) is 4.73. The Morgan fingerprint density at radius 3 is 2.59 bits per heavy atom. The molecule has 6 nitrogen and oxygen atoms in total. The predicted octanol–water partition coefficient (Wildman–Crippen LogP) is 2.01. The molecule has 2 aromatic rings. The molecule has 0 saturated heterocycles. The van der Waals surface area contributed by atoms with E-state index in [1.807, 2.05) is 25.1 Å². The van der Waals surface area contributed by atoms with Gasteiger partial charge in [-0.1, -0.05) is 0 Å². The summed E-state index contributed by atoms with van der Waals surface area (Å²) < 4.78 is 11.0. The standard InChI is InChI=1S/C16H15N3O3/c1-11(18-19-16(20)12-4-6-17-7-5-12)13-2-3-14-15(10-13)22-9-8-21-14/h2-7,10H,8-9H2,1H3,(H,19,20)/b18-11+. The summed E-state index contributed by atoms with van der Waals surface area (Å²) in [6.07, 6.45) is 3.12. The molecule has 0 atom stereocenters. The van der Waals surface area contributed by atoms with Crippen molar-refractivity contribution in [3.63, 3.8) is 0 Å². The average Bonchev–Trinajstić information content (AvgIpc) is 2.59. The number of fused-ring (bicyclic) bond motifs is 1. The van der Waals surface area contributed by atoms with Crippen LogP contribution in [0.5, 0.6) is 11.5 Å². The molecule has 0 bridgehead atoms. The summed E-state index contributed by atoms with van der Waals surface area (Å²) in [6.45, 7) is 2.91. The van der Waals surface area contributed by atoms with E-state index < -0.39 is 0 Å². The van der Waals surface area contributed by atoms with Gasteiger partial charge in [0.1, 0.15) is 13.2 Å². The molecule has 1 aliphatic heterocycles. The lowest BCUT2D eigenvalue weighted by atomic mass is 10.1. The third kappa shape index (κ3) is 3.06. The predicted molar refractivity (Wildman–Crippen MR) is 81.3 cm³/mol. The summed E-state index contributed by atoms with van der Waals surface area (Å²) in [5.74, 6) is 1.14. The molecule has 1 N–H and O–H groups in total. The van der Waals surface area contributed by atoms with E-state index >= 15 is 0 Å². The number of carbonyl (C=O) groups excluding carboxylic acids is 1. The number of nitrogens with one attached hydrogen (secondary N) is 1. The Hall–Kier alpha value is -2.89. The van der Waals surface area contributed by atoms with Gasteiger partial charge in [-0.15, -0.1) is 0 Å². The first-order chi connectivity index (χ1) is 10.7. The van der Waals surface area contributed by atoms with Gasteiger partial charge in [0.25, 0.3) is 5.91 Å². The molecular weight excluding hydrogens is 282 g/mol. The molecule has 0 fully saturated rings. The van der Waals surface area contributed by atoms with Crippen molar-refractivity contribution in [1.29, 1.82) is 0 Å². The van der Waals surface area contributed by atoms with Gasteiger partial charge in [-0.25, -0.2) is 5.43 Å². The molecule has 0 unspecified atom stereocenters. The number of hydrogen-bond acceptors (Lipinski definition) is 5. The monoisotopic (exact) mass is 297 g/mol. The van der Waals surface area contributed by atoms with Crippen LogP contribution in [-0.4, -0.2) is 29.8 Å². The zero-order valence-corrected chi connectivity index (χ0v) is 12.1. The van der Waals surface area contributed by atoms with E-state index in [0.29, 0.717) is 30.2 Å². The number of rotatable bonds is 3. The maximum Gasteiger partial charge on any atom is 0.271 e.